The summed E-state index contributed by atoms with van der Waals surface area (Å²) in [6, 6.07) is 0. The summed E-state index contributed by atoms with van der Waals surface area (Å²) in [5.41, 5.74) is 5.63. The molecule has 2 aliphatic rings. The molecule has 0 spiro atoms. The number of carbonyl (C=O) groups is 1. The molecule has 0 aliphatic carbocycles. The normalized spacial score (nSPS) is 24.2. The highest BCUT2D eigenvalue weighted by atomic mass is 16.6. The molecule has 0 saturated carbocycles. The van der Waals surface area contributed by atoms with Crippen molar-refractivity contribution in [1.82, 2.24) is 14.7 Å². The molecule has 2 fully saturated rings. The quantitative estimate of drug-likeness (QED) is 0.570. The fourth-order valence-corrected chi connectivity index (χ4v) is 2.72. The minimum atomic E-state index is -0.470. The van der Waals surface area contributed by atoms with Gasteiger partial charge in [-0.3, -0.25) is 4.99 Å². The molecule has 2 saturated heterocycles. The molecule has 2 rings (SSSR count). The summed E-state index contributed by atoms with van der Waals surface area (Å²) in [5, 5.41) is 0. The Hall–Kier alpha value is -1.54. The van der Waals surface area contributed by atoms with Gasteiger partial charge in [-0.05, 0) is 27.8 Å². The first kappa shape index (κ1) is 18.8. The number of nitrogens with two attached hydrogens (primary N) is 1. The molecular formula is C16H31N5O3. The van der Waals surface area contributed by atoms with E-state index in [0.29, 0.717) is 38.7 Å². The second-order valence-corrected chi connectivity index (χ2v) is 7.41. The Bertz CT molecular complexity index is 455. The van der Waals surface area contributed by atoms with Gasteiger partial charge in [0.25, 0.3) is 0 Å². The van der Waals surface area contributed by atoms with Crippen molar-refractivity contribution in [3.8, 4) is 0 Å². The summed E-state index contributed by atoms with van der Waals surface area (Å²) in [4.78, 5) is 22.5. The number of rotatable bonds is 2. The van der Waals surface area contributed by atoms with Crippen LogP contribution in [0.2, 0.25) is 0 Å². The zero-order chi connectivity index (χ0) is 17.7. The van der Waals surface area contributed by atoms with Gasteiger partial charge in [-0.15, -0.1) is 0 Å². The van der Waals surface area contributed by atoms with E-state index in [2.05, 4.69) is 16.9 Å². The number of nitrogens with zero attached hydrogens (tertiary/aromatic N) is 4. The van der Waals surface area contributed by atoms with Crippen molar-refractivity contribution in [1.29, 1.82) is 0 Å². The molecule has 0 bridgehead atoms. The van der Waals surface area contributed by atoms with Gasteiger partial charge in [0.1, 0.15) is 5.60 Å². The number of aliphatic imine (C=N–C) groups is 1. The lowest BCUT2D eigenvalue weighted by Crippen LogP contribution is -2.53. The van der Waals surface area contributed by atoms with Crippen molar-refractivity contribution in [2.75, 3.05) is 59.5 Å². The van der Waals surface area contributed by atoms with Gasteiger partial charge >= 0.3 is 6.09 Å². The summed E-state index contributed by atoms with van der Waals surface area (Å²) >= 11 is 0. The highest BCUT2D eigenvalue weighted by Crippen LogP contribution is 2.12. The van der Waals surface area contributed by atoms with Crippen molar-refractivity contribution in [3.05, 3.63) is 0 Å². The maximum Gasteiger partial charge on any atom is 0.410 e. The number of hydrogen-bond acceptors (Lipinski definition) is 5. The molecule has 8 heteroatoms. The van der Waals surface area contributed by atoms with Crippen LogP contribution in [0.5, 0.6) is 0 Å². The highest BCUT2D eigenvalue weighted by Gasteiger charge is 2.26. The number of guanidine groups is 1. The van der Waals surface area contributed by atoms with Gasteiger partial charge in [-0.25, -0.2) is 4.79 Å². The van der Waals surface area contributed by atoms with E-state index in [1.54, 1.807) is 4.90 Å². The first-order chi connectivity index (χ1) is 11.2. The maximum absolute atomic E-state index is 12.1. The number of likely N-dealkylation sites (N-methyl/N-ethyl adjacent to an activating group) is 1. The summed E-state index contributed by atoms with van der Waals surface area (Å²) in [6.07, 6.45) is -0.165. The Morgan fingerprint density at radius 3 is 2.42 bits per heavy atom. The maximum atomic E-state index is 12.1. The second-order valence-electron chi connectivity index (χ2n) is 7.41. The summed E-state index contributed by atoms with van der Waals surface area (Å²) in [6.45, 7) is 11.3. The van der Waals surface area contributed by atoms with E-state index in [1.165, 1.54) is 0 Å². The molecular weight excluding hydrogens is 310 g/mol. The fourth-order valence-electron chi connectivity index (χ4n) is 2.72. The lowest BCUT2D eigenvalue weighted by atomic mass is 10.2. The van der Waals surface area contributed by atoms with Crippen LogP contribution < -0.4 is 5.73 Å². The smallest absolute Gasteiger partial charge is 0.410 e. The van der Waals surface area contributed by atoms with E-state index in [-0.39, 0.29) is 12.2 Å². The summed E-state index contributed by atoms with van der Waals surface area (Å²) in [5.74, 6) is 0.524. The largest absolute Gasteiger partial charge is 0.444 e. The number of piperazine rings is 1. The first-order valence-corrected chi connectivity index (χ1v) is 8.57. The van der Waals surface area contributed by atoms with E-state index in [9.17, 15) is 4.79 Å². The summed E-state index contributed by atoms with van der Waals surface area (Å²) in [7, 11) is 2.08. The first-order valence-electron chi connectivity index (χ1n) is 8.57. The Morgan fingerprint density at radius 2 is 1.83 bits per heavy atom. The number of hydrogen-bond donors (Lipinski definition) is 1. The Morgan fingerprint density at radius 1 is 1.21 bits per heavy atom. The molecule has 2 N–H and O–H groups in total. The van der Waals surface area contributed by atoms with E-state index in [1.807, 2.05) is 25.7 Å². The van der Waals surface area contributed by atoms with Crippen LogP contribution in [0.3, 0.4) is 0 Å². The highest BCUT2D eigenvalue weighted by molar-refractivity contribution is 5.78. The zero-order valence-corrected chi connectivity index (χ0v) is 15.3. The second kappa shape index (κ2) is 8.02. The molecule has 0 aromatic rings. The molecule has 1 amide bonds. The van der Waals surface area contributed by atoms with E-state index < -0.39 is 5.60 Å². The van der Waals surface area contributed by atoms with Crippen LogP contribution in [0.25, 0.3) is 0 Å². The van der Waals surface area contributed by atoms with Crippen LogP contribution in [0.1, 0.15) is 20.8 Å². The van der Waals surface area contributed by atoms with Crippen molar-refractivity contribution in [2.24, 2.45) is 10.7 Å². The van der Waals surface area contributed by atoms with Crippen LogP contribution in [0.4, 0.5) is 4.79 Å². The molecule has 8 nitrogen and oxygen atoms in total. The molecule has 0 radical (unpaired) electrons. The molecule has 1 atom stereocenters. The average Bonchev–Trinajstić information content (AvgIpc) is 2.51. The van der Waals surface area contributed by atoms with Gasteiger partial charge in [0.15, 0.2) is 5.96 Å². The predicted molar refractivity (Wildman–Crippen MR) is 93.1 cm³/mol. The van der Waals surface area contributed by atoms with E-state index in [0.717, 1.165) is 19.7 Å². The van der Waals surface area contributed by atoms with Gasteiger partial charge < -0.3 is 29.9 Å². The van der Waals surface area contributed by atoms with Crippen molar-refractivity contribution in [2.45, 2.75) is 32.5 Å². The third-order valence-corrected chi connectivity index (χ3v) is 4.05. The molecule has 0 aromatic carbocycles. The topological polar surface area (TPSA) is 83.6 Å². The van der Waals surface area contributed by atoms with Crippen LogP contribution >= 0.6 is 0 Å². The van der Waals surface area contributed by atoms with Crippen LogP contribution in [0, 0.1) is 0 Å². The van der Waals surface area contributed by atoms with Gasteiger partial charge in [0.2, 0.25) is 0 Å². The fraction of sp³-hybridized carbons (Fsp3) is 0.875. The SMILES string of the molecule is CN1CCOC(CN=C(N)N2CCN(C(=O)OC(C)(C)C)CC2)C1. The minimum absolute atomic E-state index is 0.102. The Balaban J connectivity index is 1.76. The Kier molecular flexibility index (Phi) is 6.28. The number of carbonyl (C=O) groups excluding carboxylic acids is 1. The molecule has 2 heterocycles. The van der Waals surface area contributed by atoms with Gasteiger partial charge in [0, 0.05) is 39.3 Å². The van der Waals surface area contributed by atoms with Crippen molar-refractivity contribution < 1.29 is 14.3 Å². The van der Waals surface area contributed by atoms with Gasteiger partial charge in [-0.2, -0.15) is 0 Å². The molecule has 2 aliphatic heterocycles. The molecule has 0 aromatic heterocycles. The molecule has 1 unspecified atom stereocenters. The minimum Gasteiger partial charge on any atom is -0.444 e. The number of amides is 1. The summed E-state index contributed by atoms with van der Waals surface area (Å²) < 4.78 is 11.1. The number of morpholine rings is 1. The third-order valence-electron chi connectivity index (χ3n) is 4.05. The van der Waals surface area contributed by atoms with Crippen LogP contribution in [-0.4, -0.2) is 97.9 Å². The Labute approximate surface area is 144 Å². The monoisotopic (exact) mass is 341 g/mol. The predicted octanol–water partition coefficient (Wildman–Crippen LogP) is 0.184. The lowest BCUT2D eigenvalue weighted by molar-refractivity contribution is -0.0137. The molecule has 24 heavy (non-hydrogen) atoms. The standard InChI is InChI=1S/C16H31N5O3/c1-16(2,3)24-15(22)21-7-5-20(6-8-21)14(17)18-11-13-12-19(4)9-10-23-13/h13H,5-12H2,1-4H3,(H2,17,18). The lowest BCUT2D eigenvalue weighted by Gasteiger charge is -2.36. The average molecular weight is 341 g/mol. The van der Waals surface area contributed by atoms with E-state index >= 15 is 0 Å². The van der Waals surface area contributed by atoms with Gasteiger partial charge in [0.05, 0.1) is 19.3 Å². The van der Waals surface area contributed by atoms with Crippen molar-refractivity contribution >= 4 is 12.1 Å². The van der Waals surface area contributed by atoms with Crippen LogP contribution in [0.15, 0.2) is 4.99 Å². The molecule has 138 valence electrons. The van der Waals surface area contributed by atoms with Crippen LogP contribution in [-0.2, 0) is 9.47 Å². The zero-order valence-electron chi connectivity index (χ0n) is 15.3. The van der Waals surface area contributed by atoms with Crippen molar-refractivity contribution in [3.63, 3.8) is 0 Å². The van der Waals surface area contributed by atoms with E-state index in [4.69, 9.17) is 15.2 Å². The third kappa shape index (κ3) is 5.83. The van der Waals surface area contributed by atoms with Gasteiger partial charge in [-0.1, -0.05) is 0 Å². The number of ether oxygens (including phenoxy) is 2.